The van der Waals surface area contributed by atoms with E-state index < -0.39 is 23.6 Å². The average Bonchev–Trinajstić information content (AvgIpc) is 3.25. The number of rotatable bonds is 5. The molecule has 0 spiro atoms. The third kappa shape index (κ3) is 3.61. The number of nitrogens with two attached hydrogens (primary N) is 2. The molecular weight excluding hydrogens is 432 g/mol. The Bertz CT molecular complexity index is 1320. The molecule has 0 saturated heterocycles. The highest BCUT2D eigenvalue weighted by molar-refractivity contribution is 6.35. The van der Waals surface area contributed by atoms with Crippen molar-refractivity contribution in [3.05, 3.63) is 57.2 Å². The minimum absolute atomic E-state index is 0.0251. The molecule has 4 aromatic rings. The van der Waals surface area contributed by atoms with E-state index >= 15 is 0 Å². The summed E-state index contributed by atoms with van der Waals surface area (Å²) in [5.41, 5.74) is 10.4. The van der Waals surface area contributed by atoms with Crippen molar-refractivity contribution in [1.82, 2.24) is 29.7 Å². The first-order valence-electron chi connectivity index (χ1n) is 8.96. The highest BCUT2D eigenvalue weighted by atomic mass is 35.5. The molecule has 0 bridgehead atoms. The number of fused-ring (bicyclic) bond motifs is 1. The lowest BCUT2D eigenvalue weighted by Crippen LogP contribution is -2.28. The van der Waals surface area contributed by atoms with Crippen LogP contribution in [0.5, 0.6) is 0 Å². The molecule has 0 saturated carbocycles. The Labute approximate surface area is 178 Å². The van der Waals surface area contributed by atoms with Crippen molar-refractivity contribution in [2.75, 3.05) is 16.8 Å². The number of H-pyrrole nitrogens is 1. The molecule has 6 N–H and O–H groups in total. The Morgan fingerprint density at radius 3 is 2.65 bits per heavy atom. The maximum atomic E-state index is 13.6. The normalized spacial score (nSPS) is 12.4. The number of alkyl halides is 2. The molecule has 4 rings (SSSR count). The molecule has 0 aliphatic rings. The molecule has 0 unspecified atom stereocenters. The van der Waals surface area contributed by atoms with Crippen LogP contribution in [0.2, 0.25) is 5.02 Å². The number of benzene rings is 1. The maximum absolute atomic E-state index is 13.6. The summed E-state index contributed by atoms with van der Waals surface area (Å²) in [6.07, 6.45) is -1.42. The Balaban J connectivity index is 1.93. The van der Waals surface area contributed by atoms with E-state index in [4.69, 9.17) is 23.1 Å². The SMILES string of the molecule is C[C@@H](Nc1nc(N)nc(N)c1Cl)c1nc2cccc(C(F)F)c2c(=O)n1-c1ccn[nH]1. The molecule has 0 fully saturated rings. The van der Waals surface area contributed by atoms with Gasteiger partial charge < -0.3 is 16.8 Å². The van der Waals surface area contributed by atoms with E-state index in [1.54, 1.807) is 6.92 Å². The Morgan fingerprint density at radius 1 is 1.19 bits per heavy atom. The summed E-state index contributed by atoms with van der Waals surface area (Å²) in [6.45, 7) is 1.68. The third-order valence-corrected chi connectivity index (χ3v) is 4.93. The first kappa shape index (κ1) is 20.5. The van der Waals surface area contributed by atoms with Crippen molar-refractivity contribution in [2.45, 2.75) is 19.4 Å². The van der Waals surface area contributed by atoms with E-state index in [1.165, 1.54) is 35.0 Å². The van der Waals surface area contributed by atoms with Gasteiger partial charge in [-0.25, -0.2) is 18.3 Å². The molecule has 160 valence electrons. The predicted molar refractivity (Wildman–Crippen MR) is 112 cm³/mol. The molecule has 31 heavy (non-hydrogen) atoms. The summed E-state index contributed by atoms with van der Waals surface area (Å²) in [7, 11) is 0. The first-order chi connectivity index (χ1) is 14.8. The fourth-order valence-corrected chi connectivity index (χ4v) is 3.34. The van der Waals surface area contributed by atoms with Crippen LogP contribution in [0.25, 0.3) is 16.7 Å². The molecular formula is C18H16ClF2N9O. The number of hydrogen-bond donors (Lipinski definition) is 4. The number of anilines is 3. The fourth-order valence-electron chi connectivity index (χ4n) is 3.20. The van der Waals surface area contributed by atoms with Gasteiger partial charge in [-0.2, -0.15) is 15.1 Å². The molecule has 0 amide bonds. The van der Waals surface area contributed by atoms with Gasteiger partial charge in [-0.05, 0) is 13.0 Å². The van der Waals surface area contributed by atoms with Crippen LogP contribution in [0, 0.1) is 0 Å². The number of aromatic amines is 1. The van der Waals surface area contributed by atoms with Gasteiger partial charge in [0.15, 0.2) is 5.82 Å². The van der Waals surface area contributed by atoms with Crippen molar-refractivity contribution in [3.63, 3.8) is 0 Å². The van der Waals surface area contributed by atoms with Crippen LogP contribution < -0.4 is 22.3 Å². The van der Waals surface area contributed by atoms with Gasteiger partial charge >= 0.3 is 0 Å². The molecule has 3 heterocycles. The van der Waals surface area contributed by atoms with E-state index in [0.717, 1.165) is 0 Å². The molecule has 10 nitrogen and oxygen atoms in total. The van der Waals surface area contributed by atoms with E-state index in [-0.39, 0.29) is 45.2 Å². The number of aromatic nitrogens is 6. The lowest BCUT2D eigenvalue weighted by Gasteiger charge is -2.20. The van der Waals surface area contributed by atoms with Gasteiger partial charge in [0.05, 0.1) is 23.1 Å². The second kappa shape index (κ2) is 7.80. The quantitative estimate of drug-likeness (QED) is 0.364. The van der Waals surface area contributed by atoms with Crippen molar-refractivity contribution in [3.8, 4) is 5.82 Å². The summed E-state index contributed by atoms with van der Waals surface area (Å²) < 4.78 is 28.3. The maximum Gasteiger partial charge on any atom is 0.267 e. The zero-order valence-electron chi connectivity index (χ0n) is 16.0. The number of nitrogen functional groups attached to an aromatic ring is 2. The lowest BCUT2D eigenvalue weighted by molar-refractivity contribution is 0.153. The van der Waals surface area contributed by atoms with E-state index in [0.29, 0.717) is 0 Å². The molecule has 13 heteroatoms. The first-order valence-corrected chi connectivity index (χ1v) is 9.34. The standard InChI is InChI=1S/C18H16ClF2N9O/c1-7(25-15-12(19)14(22)27-18(23)28-15)16-26-9-4-2-3-8(13(20)21)11(9)17(31)30(16)10-5-6-24-29-10/h2-7,13H,1H3,(H,24,29)(H5,22,23,25,27,28)/t7-/m1/s1. The van der Waals surface area contributed by atoms with Crippen LogP contribution >= 0.6 is 11.6 Å². The number of nitrogens with one attached hydrogen (secondary N) is 2. The van der Waals surface area contributed by atoms with Gasteiger partial charge in [0.25, 0.3) is 12.0 Å². The highest BCUT2D eigenvalue weighted by Crippen LogP contribution is 2.30. The number of halogens is 3. The molecule has 1 atom stereocenters. The zero-order valence-corrected chi connectivity index (χ0v) is 16.7. The van der Waals surface area contributed by atoms with Gasteiger partial charge in [-0.15, -0.1) is 0 Å². The van der Waals surface area contributed by atoms with Crippen LogP contribution in [0.4, 0.5) is 26.4 Å². The smallest absolute Gasteiger partial charge is 0.267 e. The largest absolute Gasteiger partial charge is 0.382 e. The van der Waals surface area contributed by atoms with E-state index in [1.807, 2.05) is 0 Å². The summed E-state index contributed by atoms with van der Waals surface area (Å²) in [5, 5.41) is 9.35. The molecule has 1 aromatic carbocycles. The van der Waals surface area contributed by atoms with Gasteiger partial charge in [0.2, 0.25) is 5.95 Å². The second-order valence-corrected chi connectivity index (χ2v) is 6.97. The number of hydrogen-bond acceptors (Lipinski definition) is 8. The summed E-state index contributed by atoms with van der Waals surface area (Å²) in [4.78, 5) is 25.6. The fraction of sp³-hybridized carbons (Fsp3) is 0.167. The summed E-state index contributed by atoms with van der Waals surface area (Å²) >= 11 is 6.16. The van der Waals surface area contributed by atoms with Gasteiger partial charge in [-0.1, -0.05) is 23.7 Å². The van der Waals surface area contributed by atoms with Gasteiger partial charge in [-0.3, -0.25) is 9.89 Å². The summed E-state index contributed by atoms with van der Waals surface area (Å²) in [5.74, 6) is 0.449. The third-order valence-electron chi connectivity index (χ3n) is 4.55. The molecule has 0 aliphatic carbocycles. The van der Waals surface area contributed by atoms with Crippen molar-refractivity contribution >= 4 is 40.1 Å². The van der Waals surface area contributed by atoms with Gasteiger partial charge in [0.1, 0.15) is 22.5 Å². The number of nitrogens with zero attached hydrogens (tertiary/aromatic N) is 5. The van der Waals surface area contributed by atoms with Crippen LogP contribution in [0.1, 0.15) is 30.8 Å². The summed E-state index contributed by atoms with van der Waals surface area (Å²) in [6, 6.07) is 4.94. The minimum atomic E-state index is -2.85. The molecule has 0 radical (unpaired) electrons. The van der Waals surface area contributed by atoms with Crippen LogP contribution in [0.3, 0.4) is 0 Å². The predicted octanol–water partition coefficient (Wildman–Crippen LogP) is 2.83. The molecule has 0 aliphatic heterocycles. The van der Waals surface area contributed by atoms with Crippen LogP contribution in [-0.2, 0) is 0 Å². The highest BCUT2D eigenvalue weighted by Gasteiger charge is 2.23. The van der Waals surface area contributed by atoms with Crippen LogP contribution in [-0.4, -0.2) is 29.7 Å². The topological polar surface area (TPSA) is 153 Å². The van der Waals surface area contributed by atoms with Crippen LogP contribution in [0.15, 0.2) is 35.3 Å². The average molecular weight is 448 g/mol. The zero-order chi connectivity index (χ0) is 22.3. The Morgan fingerprint density at radius 2 is 1.97 bits per heavy atom. The van der Waals surface area contributed by atoms with Crippen molar-refractivity contribution in [2.24, 2.45) is 0 Å². The van der Waals surface area contributed by atoms with Crippen molar-refractivity contribution in [1.29, 1.82) is 0 Å². The second-order valence-electron chi connectivity index (χ2n) is 6.59. The Hall–Kier alpha value is -3.80. The Kier molecular flexibility index (Phi) is 5.15. The molecule has 3 aromatic heterocycles. The monoisotopic (exact) mass is 447 g/mol. The lowest BCUT2D eigenvalue weighted by atomic mass is 10.1. The minimum Gasteiger partial charge on any atom is -0.382 e. The van der Waals surface area contributed by atoms with Gasteiger partial charge in [0, 0.05) is 11.6 Å². The van der Waals surface area contributed by atoms with E-state index in [9.17, 15) is 13.6 Å². The van der Waals surface area contributed by atoms with Crippen molar-refractivity contribution < 1.29 is 8.78 Å². The van der Waals surface area contributed by atoms with E-state index in [2.05, 4.69) is 30.5 Å².